The van der Waals surface area contributed by atoms with Crippen molar-refractivity contribution in [1.82, 2.24) is 4.90 Å². The van der Waals surface area contributed by atoms with Gasteiger partial charge in [-0.05, 0) is 22.0 Å². The van der Waals surface area contributed by atoms with Gasteiger partial charge in [0.15, 0.2) is 4.67 Å². The molecule has 0 radical (unpaired) electrons. The van der Waals surface area contributed by atoms with Crippen molar-refractivity contribution in [3.63, 3.8) is 0 Å². The molecule has 0 aliphatic rings. The molecule has 0 saturated carbocycles. The molecule has 0 saturated heterocycles. The number of amides is 1. The smallest absolute Gasteiger partial charge is 0.258 e. The summed E-state index contributed by atoms with van der Waals surface area (Å²) < 4.78 is 10.1. The maximum absolute atomic E-state index is 11.9. The van der Waals surface area contributed by atoms with E-state index in [2.05, 4.69) is 15.9 Å². The van der Waals surface area contributed by atoms with Gasteiger partial charge in [0.05, 0.1) is 24.5 Å². The summed E-state index contributed by atoms with van der Waals surface area (Å²) in [6.07, 6.45) is 0.737. The summed E-state index contributed by atoms with van der Waals surface area (Å²) in [6.45, 7) is 0.411. The number of hydrogen-bond acceptors (Lipinski definition) is 4. The highest BCUT2D eigenvalue weighted by atomic mass is 79.9. The van der Waals surface area contributed by atoms with E-state index in [0.717, 1.165) is 0 Å². The average molecular weight is 292 g/mol. The number of rotatable bonds is 5. The van der Waals surface area contributed by atoms with Crippen LogP contribution in [0.2, 0.25) is 0 Å². The summed E-state index contributed by atoms with van der Waals surface area (Å²) in [6, 6.07) is 1.58. The lowest BCUT2D eigenvalue weighted by Crippen LogP contribution is -2.36. The van der Waals surface area contributed by atoms with E-state index >= 15 is 0 Å². The number of likely N-dealkylation sites (N-methyl/N-ethyl adjacent to an activating group) is 1. The minimum absolute atomic E-state index is 0.199. The zero-order chi connectivity index (χ0) is 12.1. The molecule has 1 heterocycles. The number of aliphatic hydroxyl groups excluding tert-OH is 1. The van der Waals surface area contributed by atoms with Crippen molar-refractivity contribution >= 4 is 21.8 Å². The Morgan fingerprint density at radius 2 is 2.44 bits per heavy atom. The number of ether oxygens (including phenoxy) is 1. The van der Waals surface area contributed by atoms with Gasteiger partial charge in [-0.2, -0.15) is 0 Å². The summed E-state index contributed by atoms with van der Waals surface area (Å²) in [5.74, 6) is -0.212. The highest BCUT2D eigenvalue weighted by molar-refractivity contribution is 9.10. The van der Waals surface area contributed by atoms with Gasteiger partial charge in [-0.15, -0.1) is 0 Å². The van der Waals surface area contributed by atoms with Crippen molar-refractivity contribution in [3.05, 3.63) is 22.6 Å². The zero-order valence-electron chi connectivity index (χ0n) is 9.14. The first-order valence-corrected chi connectivity index (χ1v) is 5.51. The summed E-state index contributed by atoms with van der Waals surface area (Å²) in [5, 5.41) is 9.48. The van der Waals surface area contributed by atoms with E-state index in [4.69, 9.17) is 9.15 Å². The Labute approximate surface area is 102 Å². The average Bonchev–Trinajstić information content (AvgIpc) is 2.63. The SMILES string of the molecule is COCC(O)CN(C)C(=O)c1ccoc1Br. The van der Waals surface area contributed by atoms with Crippen LogP contribution >= 0.6 is 15.9 Å². The van der Waals surface area contributed by atoms with Crippen LogP contribution in [0.5, 0.6) is 0 Å². The molecule has 0 aliphatic carbocycles. The number of aliphatic hydroxyl groups is 1. The molecule has 1 amide bonds. The molecule has 0 bridgehead atoms. The third-order valence-electron chi connectivity index (χ3n) is 2.04. The quantitative estimate of drug-likeness (QED) is 0.883. The summed E-state index contributed by atoms with van der Waals surface area (Å²) in [4.78, 5) is 13.3. The van der Waals surface area contributed by atoms with E-state index in [1.165, 1.54) is 18.3 Å². The molecule has 1 atom stereocenters. The number of carbonyl (C=O) groups is 1. The maximum atomic E-state index is 11.9. The monoisotopic (exact) mass is 291 g/mol. The minimum atomic E-state index is -0.690. The second kappa shape index (κ2) is 6.03. The third-order valence-corrected chi connectivity index (χ3v) is 2.65. The van der Waals surface area contributed by atoms with Crippen LogP contribution < -0.4 is 0 Å². The highest BCUT2D eigenvalue weighted by Crippen LogP contribution is 2.18. The van der Waals surface area contributed by atoms with Crippen molar-refractivity contribution in [2.24, 2.45) is 0 Å². The third kappa shape index (κ3) is 3.33. The fourth-order valence-corrected chi connectivity index (χ4v) is 1.71. The van der Waals surface area contributed by atoms with Crippen LogP contribution in [0.3, 0.4) is 0 Å². The largest absolute Gasteiger partial charge is 0.457 e. The molecular formula is C10H14BrNO4. The molecule has 0 aliphatic heterocycles. The van der Waals surface area contributed by atoms with Gasteiger partial charge in [-0.25, -0.2) is 0 Å². The standard InChI is InChI=1S/C10H14BrNO4/c1-12(5-7(13)6-15-2)10(14)8-3-4-16-9(8)11/h3-4,7,13H,5-6H2,1-2H3. The molecule has 0 aromatic carbocycles. The summed E-state index contributed by atoms with van der Waals surface area (Å²) in [5.41, 5.74) is 0.437. The van der Waals surface area contributed by atoms with Gasteiger partial charge < -0.3 is 19.2 Å². The first-order chi connectivity index (χ1) is 7.56. The van der Waals surface area contributed by atoms with Crippen molar-refractivity contribution in [2.75, 3.05) is 27.3 Å². The minimum Gasteiger partial charge on any atom is -0.457 e. The van der Waals surface area contributed by atoms with Crippen LogP contribution in [0.4, 0.5) is 0 Å². The van der Waals surface area contributed by atoms with Crippen molar-refractivity contribution in [2.45, 2.75) is 6.10 Å². The van der Waals surface area contributed by atoms with E-state index in [-0.39, 0.29) is 19.1 Å². The van der Waals surface area contributed by atoms with Gasteiger partial charge >= 0.3 is 0 Å². The van der Waals surface area contributed by atoms with Crippen molar-refractivity contribution in [3.8, 4) is 0 Å². The van der Waals surface area contributed by atoms with E-state index in [9.17, 15) is 9.90 Å². The summed E-state index contributed by atoms with van der Waals surface area (Å²) >= 11 is 3.13. The molecule has 1 aromatic heterocycles. The van der Waals surface area contributed by atoms with Gasteiger partial charge in [-0.3, -0.25) is 4.79 Å². The van der Waals surface area contributed by atoms with Crippen molar-refractivity contribution in [1.29, 1.82) is 0 Å². The number of methoxy groups -OCH3 is 1. The Morgan fingerprint density at radius 1 is 1.75 bits per heavy atom. The lowest BCUT2D eigenvalue weighted by Gasteiger charge is -2.19. The van der Waals surface area contributed by atoms with Gasteiger partial charge in [0, 0.05) is 20.7 Å². The lowest BCUT2D eigenvalue weighted by molar-refractivity contribution is 0.0379. The molecule has 0 spiro atoms. The van der Waals surface area contributed by atoms with Gasteiger partial charge in [0.1, 0.15) is 0 Å². The Hall–Kier alpha value is -0.850. The first-order valence-electron chi connectivity index (χ1n) is 4.71. The Balaban J connectivity index is 2.58. The second-order valence-corrected chi connectivity index (χ2v) is 4.12. The number of carbonyl (C=O) groups excluding carboxylic acids is 1. The predicted octanol–water partition coefficient (Wildman–Crippen LogP) is 1.12. The molecule has 1 unspecified atom stereocenters. The maximum Gasteiger partial charge on any atom is 0.258 e. The van der Waals surface area contributed by atoms with Crippen LogP contribution in [0, 0.1) is 0 Å². The van der Waals surface area contributed by atoms with E-state index in [0.29, 0.717) is 10.2 Å². The molecule has 90 valence electrons. The molecule has 5 nitrogen and oxygen atoms in total. The fraction of sp³-hybridized carbons (Fsp3) is 0.500. The van der Waals surface area contributed by atoms with Gasteiger partial charge in [-0.1, -0.05) is 0 Å². The number of halogens is 1. The Bertz CT molecular complexity index is 352. The highest BCUT2D eigenvalue weighted by Gasteiger charge is 2.19. The summed E-state index contributed by atoms with van der Waals surface area (Å²) in [7, 11) is 3.11. The van der Waals surface area contributed by atoms with Crippen LogP contribution in [0.1, 0.15) is 10.4 Å². The van der Waals surface area contributed by atoms with Crippen LogP contribution in [0.15, 0.2) is 21.4 Å². The van der Waals surface area contributed by atoms with E-state index in [1.54, 1.807) is 13.1 Å². The molecule has 16 heavy (non-hydrogen) atoms. The number of hydrogen-bond donors (Lipinski definition) is 1. The Morgan fingerprint density at radius 3 is 2.94 bits per heavy atom. The molecule has 1 rings (SSSR count). The topological polar surface area (TPSA) is 62.9 Å². The van der Waals surface area contributed by atoms with Crippen molar-refractivity contribution < 1.29 is 19.1 Å². The zero-order valence-corrected chi connectivity index (χ0v) is 10.7. The molecule has 6 heteroatoms. The molecule has 1 N–H and O–H groups in total. The van der Waals surface area contributed by atoms with E-state index < -0.39 is 6.10 Å². The predicted molar refractivity (Wildman–Crippen MR) is 61.3 cm³/mol. The first kappa shape index (κ1) is 13.2. The lowest BCUT2D eigenvalue weighted by atomic mass is 10.2. The van der Waals surface area contributed by atoms with Crippen LogP contribution in [0.25, 0.3) is 0 Å². The van der Waals surface area contributed by atoms with Gasteiger partial charge in [0.2, 0.25) is 0 Å². The molecular weight excluding hydrogens is 278 g/mol. The molecule has 1 aromatic rings. The second-order valence-electron chi connectivity index (χ2n) is 3.40. The van der Waals surface area contributed by atoms with E-state index in [1.807, 2.05) is 0 Å². The van der Waals surface area contributed by atoms with Crippen LogP contribution in [-0.2, 0) is 4.74 Å². The fourth-order valence-electron chi connectivity index (χ4n) is 1.30. The van der Waals surface area contributed by atoms with Crippen LogP contribution in [-0.4, -0.2) is 49.3 Å². The number of furan rings is 1. The Kier molecular flexibility index (Phi) is 4.98. The normalized spacial score (nSPS) is 12.5. The van der Waals surface area contributed by atoms with Gasteiger partial charge in [0.25, 0.3) is 5.91 Å². The number of nitrogens with zero attached hydrogens (tertiary/aromatic N) is 1. The molecule has 0 fully saturated rings.